The molecule has 0 radical (unpaired) electrons. The molecule has 4 rings (SSSR count). The molecule has 1 saturated heterocycles. The highest BCUT2D eigenvalue weighted by Crippen LogP contribution is 2.24. The maximum Gasteiger partial charge on any atom is 0.236 e. The second-order valence-electron chi connectivity index (χ2n) is 7.48. The third-order valence-electron chi connectivity index (χ3n) is 5.43. The Hall–Kier alpha value is -2.96. The Kier molecular flexibility index (Phi) is 5.97. The number of carbonyl (C=O) groups is 1. The van der Waals surface area contributed by atoms with Crippen molar-refractivity contribution >= 4 is 38.5 Å². The lowest BCUT2D eigenvalue weighted by Crippen LogP contribution is -2.40. The Balaban J connectivity index is 1.35. The minimum atomic E-state index is -3.49. The maximum absolute atomic E-state index is 12.7. The molecule has 1 amide bonds. The van der Waals surface area contributed by atoms with Gasteiger partial charge in [0, 0.05) is 30.1 Å². The van der Waals surface area contributed by atoms with Gasteiger partial charge in [-0.1, -0.05) is 60.7 Å². The van der Waals surface area contributed by atoms with E-state index in [-0.39, 0.29) is 11.8 Å². The van der Waals surface area contributed by atoms with Crippen molar-refractivity contribution in [3.63, 3.8) is 0 Å². The molecule has 1 N–H and O–H groups in total. The monoisotopic (exact) mass is 420 g/mol. The molecule has 1 aliphatic rings. The first-order chi connectivity index (χ1) is 14.5. The van der Waals surface area contributed by atoms with Crippen LogP contribution in [0.15, 0.2) is 78.2 Å². The van der Waals surface area contributed by atoms with E-state index in [1.807, 2.05) is 72.8 Å². The SMILES string of the molecule is O=C(Nc1ccc2ccccc2c1)C1CCN(S(=O)(=O)/C=C/c2ccccc2)CC1. The molecular formula is C24H24N2O3S. The predicted octanol–water partition coefficient (Wildman–Crippen LogP) is 4.49. The zero-order valence-electron chi connectivity index (χ0n) is 16.6. The van der Waals surface area contributed by atoms with Crippen molar-refractivity contribution in [2.45, 2.75) is 12.8 Å². The summed E-state index contributed by atoms with van der Waals surface area (Å²) in [6.07, 6.45) is 2.63. The van der Waals surface area contributed by atoms with Crippen molar-refractivity contribution in [3.05, 3.63) is 83.8 Å². The summed E-state index contributed by atoms with van der Waals surface area (Å²) in [6.45, 7) is 0.689. The van der Waals surface area contributed by atoms with Crippen molar-refractivity contribution in [2.75, 3.05) is 18.4 Å². The molecule has 0 aromatic heterocycles. The Morgan fingerprint density at radius 1 is 0.900 bits per heavy atom. The first-order valence-electron chi connectivity index (χ1n) is 10.0. The molecule has 0 spiro atoms. The van der Waals surface area contributed by atoms with Crippen LogP contribution in [0.1, 0.15) is 18.4 Å². The lowest BCUT2D eigenvalue weighted by Gasteiger charge is -2.29. The number of benzene rings is 3. The van der Waals surface area contributed by atoms with Gasteiger partial charge >= 0.3 is 0 Å². The quantitative estimate of drug-likeness (QED) is 0.661. The van der Waals surface area contributed by atoms with Crippen LogP contribution in [-0.4, -0.2) is 31.7 Å². The normalized spacial score (nSPS) is 16.1. The average molecular weight is 421 g/mol. The van der Waals surface area contributed by atoms with E-state index in [2.05, 4.69) is 5.32 Å². The minimum absolute atomic E-state index is 0.0536. The summed E-state index contributed by atoms with van der Waals surface area (Å²) in [6, 6.07) is 23.2. The minimum Gasteiger partial charge on any atom is -0.326 e. The molecule has 1 aliphatic heterocycles. The molecule has 3 aromatic carbocycles. The number of carbonyl (C=O) groups excluding carboxylic acids is 1. The largest absolute Gasteiger partial charge is 0.326 e. The lowest BCUT2D eigenvalue weighted by molar-refractivity contribution is -0.120. The first-order valence-corrected chi connectivity index (χ1v) is 11.5. The number of anilines is 1. The van der Waals surface area contributed by atoms with E-state index >= 15 is 0 Å². The van der Waals surface area contributed by atoms with E-state index in [0.29, 0.717) is 25.9 Å². The molecule has 0 aliphatic carbocycles. The van der Waals surface area contributed by atoms with E-state index in [9.17, 15) is 13.2 Å². The van der Waals surface area contributed by atoms with Crippen LogP contribution in [0, 0.1) is 5.92 Å². The number of sulfonamides is 1. The Morgan fingerprint density at radius 2 is 1.57 bits per heavy atom. The predicted molar refractivity (Wildman–Crippen MR) is 121 cm³/mol. The highest BCUT2D eigenvalue weighted by atomic mass is 32.2. The van der Waals surface area contributed by atoms with Crippen LogP contribution in [-0.2, 0) is 14.8 Å². The number of hydrogen-bond acceptors (Lipinski definition) is 3. The summed E-state index contributed by atoms with van der Waals surface area (Å²) in [5, 5.41) is 6.42. The summed E-state index contributed by atoms with van der Waals surface area (Å²) in [5.74, 6) is -0.247. The number of nitrogens with zero attached hydrogens (tertiary/aromatic N) is 1. The molecule has 0 saturated carbocycles. The summed E-state index contributed by atoms with van der Waals surface area (Å²) in [4.78, 5) is 12.7. The number of rotatable bonds is 5. The zero-order chi connectivity index (χ0) is 21.0. The topological polar surface area (TPSA) is 66.5 Å². The molecule has 5 nitrogen and oxygen atoms in total. The molecule has 0 unspecified atom stereocenters. The van der Waals surface area contributed by atoms with Gasteiger partial charge in [-0.15, -0.1) is 0 Å². The number of piperidine rings is 1. The van der Waals surface area contributed by atoms with Crippen molar-refractivity contribution in [2.24, 2.45) is 5.92 Å². The van der Waals surface area contributed by atoms with E-state index in [4.69, 9.17) is 0 Å². The van der Waals surface area contributed by atoms with Crippen LogP contribution in [0.4, 0.5) is 5.69 Å². The summed E-state index contributed by atoms with van der Waals surface area (Å²) in [7, 11) is -3.49. The van der Waals surface area contributed by atoms with Crippen molar-refractivity contribution in [3.8, 4) is 0 Å². The lowest BCUT2D eigenvalue weighted by atomic mass is 9.97. The molecule has 0 bridgehead atoms. The van der Waals surface area contributed by atoms with Crippen molar-refractivity contribution in [1.29, 1.82) is 0 Å². The second-order valence-corrected chi connectivity index (χ2v) is 9.30. The zero-order valence-corrected chi connectivity index (χ0v) is 17.4. The van der Waals surface area contributed by atoms with Crippen LogP contribution >= 0.6 is 0 Å². The summed E-state index contributed by atoms with van der Waals surface area (Å²) >= 11 is 0. The second kappa shape index (κ2) is 8.81. The fraction of sp³-hybridized carbons (Fsp3) is 0.208. The smallest absolute Gasteiger partial charge is 0.236 e. The fourth-order valence-electron chi connectivity index (χ4n) is 3.70. The molecule has 30 heavy (non-hydrogen) atoms. The third-order valence-corrected chi connectivity index (χ3v) is 7.00. The molecule has 1 fully saturated rings. The first kappa shape index (κ1) is 20.3. The fourth-order valence-corrected chi connectivity index (χ4v) is 4.92. The van der Waals surface area contributed by atoms with E-state index in [1.54, 1.807) is 6.08 Å². The molecule has 3 aromatic rings. The van der Waals surface area contributed by atoms with Gasteiger partial charge in [-0.2, -0.15) is 4.31 Å². The molecule has 6 heteroatoms. The van der Waals surface area contributed by atoms with Gasteiger partial charge in [0.1, 0.15) is 0 Å². The van der Waals surface area contributed by atoms with Gasteiger partial charge in [0.05, 0.1) is 0 Å². The Morgan fingerprint density at radius 3 is 2.30 bits per heavy atom. The van der Waals surface area contributed by atoms with Crippen LogP contribution in [0.25, 0.3) is 16.8 Å². The van der Waals surface area contributed by atoms with Gasteiger partial charge in [0.2, 0.25) is 15.9 Å². The van der Waals surface area contributed by atoms with Crippen molar-refractivity contribution < 1.29 is 13.2 Å². The van der Waals surface area contributed by atoms with Gasteiger partial charge in [0.25, 0.3) is 0 Å². The summed E-state index contributed by atoms with van der Waals surface area (Å²) < 4.78 is 26.6. The Labute approximate surface area is 177 Å². The van der Waals surface area contributed by atoms with Gasteiger partial charge in [-0.05, 0) is 47.4 Å². The standard InChI is InChI=1S/C24H24N2O3S/c27-24(25-23-11-10-20-8-4-5-9-22(20)18-23)21-12-15-26(16-13-21)30(28,29)17-14-19-6-2-1-3-7-19/h1-11,14,17-18,21H,12-13,15-16H2,(H,25,27)/b17-14+. The van der Waals surface area contributed by atoms with Crippen LogP contribution in [0.2, 0.25) is 0 Å². The van der Waals surface area contributed by atoms with E-state index < -0.39 is 10.0 Å². The number of hydrogen-bond donors (Lipinski definition) is 1. The number of fused-ring (bicyclic) bond motifs is 1. The molecular weight excluding hydrogens is 396 g/mol. The van der Waals surface area contributed by atoms with Crippen LogP contribution in [0.3, 0.4) is 0 Å². The summed E-state index contributed by atoms with van der Waals surface area (Å²) in [5.41, 5.74) is 1.60. The van der Waals surface area contributed by atoms with Gasteiger partial charge in [-0.25, -0.2) is 8.42 Å². The highest BCUT2D eigenvalue weighted by Gasteiger charge is 2.30. The third kappa shape index (κ3) is 4.78. The maximum atomic E-state index is 12.7. The van der Waals surface area contributed by atoms with Gasteiger partial charge in [-0.3, -0.25) is 4.79 Å². The molecule has 154 valence electrons. The van der Waals surface area contributed by atoms with E-state index in [1.165, 1.54) is 9.71 Å². The van der Waals surface area contributed by atoms with E-state index in [0.717, 1.165) is 22.0 Å². The average Bonchev–Trinajstić information content (AvgIpc) is 2.78. The molecule has 1 heterocycles. The van der Waals surface area contributed by atoms with Crippen LogP contribution in [0.5, 0.6) is 0 Å². The van der Waals surface area contributed by atoms with Crippen LogP contribution < -0.4 is 5.32 Å². The number of nitrogens with one attached hydrogen (secondary N) is 1. The highest BCUT2D eigenvalue weighted by molar-refractivity contribution is 7.92. The molecule has 0 atom stereocenters. The van der Waals surface area contributed by atoms with Crippen molar-refractivity contribution in [1.82, 2.24) is 4.31 Å². The van der Waals surface area contributed by atoms with Gasteiger partial charge < -0.3 is 5.32 Å². The Bertz CT molecular complexity index is 1170. The van der Waals surface area contributed by atoms with Gasteiger partial charge in [0.15, 0.2) is 0 Å². The number of amides is 1.